The molecule has 1 fully saturated rings. The van der Waals surface area contributed by atoms with Crippen LogP contribution in [0.2, 0.25) is 0 Å². The van der Waals surface area contributed by atoms with Gasteiger partial charge in [-0.1, -0.05) is 23.7 Å². The molecule has 1 aromatic carbocycles. The average Bonchev–Trinajstić information content (AvgIpc) is 3.36. The first kappa shape index (κ1) is 24.1. The van der Waals surface area contributed by atoms with E-state index >= 15 is 0 Å². The zero-order chi connectivity index (χ0) is 23.7. The number of allylic oxidation sites excluding steroid dienone is 1. The molecule has 0 spiro atoms. The number of nitrogens with zero attached hydrogens (tertiary/aromatic N) is 3. The third kappa shape index (κ3) is 5.39. The molecule has 1 N–H and O–H groups in total. The normalized spacial score (nSPS) is 25.3. The number of rotatable bonds is 4. The molecule has 1 unspecified atom stereocenters. The molecule has 1 aromatic rings. The van der Waals surface area contributed by atoms with E-state index in [1.54, 1.807) is 19.0 Å². The van der Waals surface area contributed by atoms with Crippen LogP contribution in [0.15, 0.2) is 28.6 Å². The van der Waals surface area contributed by atoms with Gasteiger partial charge in [0.25, 0.3) is 5.91 Å². The second-order valence-corrected chi connectivity index (χ2v) is 11.2. The summed E-state index contributed by atoms with van der Waals surface area (Å²) in [5.74, 6) is -0.389. The molecule has 4 rings (SSSR count). The van der Waals surface area contributed by atoms with Gasteiger partial charge in [-0.3, -0.25) is 14.4 Å². The first-order chi connectivity index (χ1) is 15.7. The van der Waals surface area contributed by atoms with Gasteiger partial charge in [0.05, 0.1) is 9.61 Å². The van der Waals surface area contributed by atoms with E-state index in [4.69, 9.17) is 11.6 Å². The number of likely N-dealkylation sites (tertiary alicyclic amines) is 1. The van der Waals surface area contributed by atoms with Crippen LogP contribution in [-0.2, 0) is 22.4 Å². The van der Waals surface area contributed by atoms with Gasteiger partial charge in [-0.15, -0.1) is 11.8 Å². The summed E-state index contributed by atoms with van der Waals surface area (Å²) >= 11 is 7.35. The summed E-state index contributed by atoms with van der Waals surface area (Å²) < 4.78 is 0.633. The molecule has 3 amide bonds. The number of nitrogens with one attached hydrogen (secondary N) is 1. The van der Waals surface area contributed by atoms with Crippen LogP contribution in [0.1, 0.15) is 34.3 Å². The number of hydrogen-bond donors (Lipinski definition) is 1. The lowest BCUT2D eigenvalue weighted by atomic mass is 9.99. The van der Waals surface area contributed by atoms with Gasteiger partial charge >= 0.3 is 0 Å². The molecule has 0 bridgehead atoms. The number of amides is 3. The Labute approximate surface area is 204 Å². The molecule has 9 heteroatoms. The lowest BCUT2D eigenvalue weighted by Gasteiger charge is -2.26. The molecule has 0 radical (unpaired) electrons. The van der Waals surface area contributed by atoms with E-state index < -0.39 is 6.04 Å². The van der Waals surface area contributed by atoms with Crippen LogP contribution in [0.3, 0.4) is 0 Å². The number of fused-ring (bicyclic) bond motifs is 1. The van der Waals surface area contributed by atoms with Crippen molar-refractivity contribution in [2.24, 2.45) is 0 Å². The Morgan fingerprint density at radius 3 is 2.55 bits per heavy atom. The highest BCUT2D eigenvalue weighted by Crippen LogP contribution is 2.35. The van der Waals surface area contributed by atoms with Crippen molar-refractivity contribution in [1.82, 2.24) is 20.0 Å². The Bertz CT molecular complexity index is 982. The van der Waals surface area contributed by atoms with E-state index in [1.807, 2.05) is 24.3 Å². The Balaban J connectivity index is 1.51. The number of likely N-dealkylation sites (N-methyl/N-ethyl adjacent to an activating group) is 2. The number of hydrogen-bond acceptors (Lipinski definition) is 5. The summed E-state index contributed by atoms with van der Waals surface area (Å²) in [4.78, 5) is 44.6. The zero-order valence-electron chi connectivity index (χ0n) is 19.3. The summed E-state index contributed by atoms with van der Waals surface area (Å²) in [6, 6.07) is 5.04. The van der Waals surface area contributed by atoms with Gasteiger partial charge in [-0.2, -0.15) is 0 Å². The van der Waals surface area contributed by atoms with Crippen molar-refractivity contribution in [1.29, 1.82) is 0 Å². The molecule has 3 heterocycles. The van der Waals surface area contributed by atoms with Gasteiger partial charge in [0.1, 0.15) is 6.04 Å². The van der Waals surface area contributed by atoms with E-state index in [9.17, 15) is 14.4 Å². The second kappa shape index (κ2) is 10.1. The molecule has 178 valence electrons. The molecule has 0 saturated carbocycles. The predicted octanol–water partition coefficient (Wildman–Crippen LogP) is 2.09. The highest BCUT2D eigenvalue weighted by Gasteiger charge is 2.42. The van der Waals surface area contributed by atoms with Gasteiger partial charge in [0, 0.05) is 45.3 Å². The first-order valence-corrected chi connectivity index (χ1v) is 12.6. The Kier molecular flexibility index (Phi) is 7.36. The lowest BCUT2D eigenvalue weighted by Crippen LogP contribution is -2.45. The van der Waals surface area contributed by atoms with Crippen molar-refractivity contribution in [3.05, 3.63) is 45.3 Å². The molecule has 3 aliphatic rings. The van der Waals surface area contributed by atoms with Crippen molar-refractivity contribution in [3.63, 3.8) is 0 Å². The van der Waals surface area contributed by atoms with Crippen molar-refractivity contribution in [2.75, 3.05) is 40.8 Å². The van der Waals surface area contributed by atoms with Crippen molar-refractivity contribution < 1.29 is 14.4 Å². The molecule has 3 aliphatic heterocycles. The fourth-order valence-corrected chi connectivity index (χ4v) is 5.96. The van der Waals surface area contributed by atoms with E-state index in [-0.39, 0.29) is 29.0 Å². The number of carbonyl (C=O) groups excluding carboxylic acids is 3. The van der Waals surface area contributed by atoms with E-state index in [0.29, 0.717) is 29.3 Å². The highest BCUT2D eigenvalue weighted by atomic mass is 35.5. The van der Waals surface area contributed by atoms with E-state index in [1.165, 1.54) is 27.8 Å². The minimum atomic E-state index is -0.597. The second-order valence-electron chi connectivity index (χ2n) is 9.28. The number of benzene rings is 1. The van der Waals surface area contributed by atoms with Crippen LogP contribution in [0.5, 0.6) is 0 Å². The Morgan fingerprint density at radius 1 is 1.15 bits per heavy atom. The van der Waals surface area contributed by atoms with Gasteiger partial charge in [0.2, 0.25) is 11.8 Å². The predicted molar refractivity (Wildman–Crippen MR) is 131 cm³/mol. The van der Waals surface area contributed by atoms with Crippen LogP contribution in [0.4, 0.5) is 0 Å². The molecule has 1 saturated heterocycles. The maximum absolute atomic E-state index is 13.6. The van der Waals surface area contributed by atoms with Gasteiger partial charge in [0.15, 0.2) is 0 Å². The summed E-state index contributed by atoms with van der Waals surface area (Å²) in [6.07, 6.45) is 4.71. The highest BCUT2D eigenvalue weighted by molar-refractivity contribution is 8.06. The third-order valence-corrected chi connectivity index (χ3v) is 8.16. The van der Waals surface area contributed by atoms with Crippen LogP contribution in [0.25, 0.3) is 0 Å². The van der Waals surface area contributed by atoms with Gasteiger partial charge in [-0.05, 0) is 56.0 Å². The minimum Gasteiger partial charge on any atom is -0.351 e. The molecule has 3 atom stereocenters. The number of thioether (sulfide) groups is 1. The van der Waals surface area contributed by atoms with E-state index in [2.05, 4.69) is 17.3 Å². The lowest BCUT2D eigenvalue weighted by molar-refractivity contribution is -0.132. The van der Waals surface area contributed by atoms with Crippen LogP contribution in [-0.4, -0.2) is 90.5 Å². The fourth-order valence-electron chi connectivity index (χ4n) is 4.72. The minimum absolute atomic E-state index is 0.101. The summed E-state index contributed by atoms with van der Waals surface area (Å²) in [5, 5.41) is 2.79. The Hall–Kier alpha value is -2.03. The number of halogens is 1. The Morgan fingerprint density at radius 2 is 1.88 bits per heavy atom. The maximum Gasteiger partial charge on any atom is 0.254 e. The van der Waals surface area contributed by atoms with E-state index in [0.717, 1.165) is 25.9 Å². The first-order valence-electron chi connectivity index (χ1n) is 11.4. The molecule has 33 heavy (non-hydrogen) atoms. The topological polar surface area (TPSA) is 73.0 Å². The zero-order valence-corrected chi connectivity index (χ0v) is 20.9. The monoisotopic (exact) mass is 490 g/mol. The quantitative estimate of drug-likeness (QED) is 0.699. The van der Waals surface area contributed by atoms with Crippen molar-refractivity contribution in [3.8, 4) is 0 Å². The van der Waals surface area contributed by atoms with Crippen LogP contribution in [0, 0.1) is 0 Å². The molecular weight excluding hydrogens is 460 g/mol. The molecule has 0 aromatic heterocycles. The summed E-state index contributed by atoms with van der Waals surface area (Å²) in [5.41, 5.74) is 3.08. The maximum atomic E-state index is 13.6. The largest absolute Gasteiger partial charge is 0.351 e. The van der Waals surface area contributed by atoms with Gasteiger partial charge < -0.3 is 20.0 Å². The number of carbonyl (C=O) groups is 3. The molecule has 7 nitrogen and oxygen atoms in total. The fraction of sp³-hybridized carbons (Fsp3) is 0.542. The summed E-state index contributed by atoms with van der Waals surface area (Å²) in [6.45, 7) is 2.28. The molecular formula is C24H31ClN4O3S. The van der Waals surface area contributed by atoms with Gasteiger partial charge in [-0.25, -0.2) is 0 Å². The third-order valence-electron chi connectivity index (χ3n) is 6.65. The van der Waals surface area contributed by atoms with Crippen LogP contribution >= 0.6 is 23.4 Å². The standard InChI is InChI=1S/C24H31ClN4O3S/c1-27(2)24(32)19-13-18(26-22(30)20-6-7-21(25)33-20)14-29(19)23(31)17-5-4-15-8-10-28(3)11-9-16(15)12-17/h4-5,7,12,18-20H,6,8-11,13-14H2,1-3H3,(H,26,30)/t18-,19+,20?/m1/s1. The van der Waals surface area contributed by atoms with Crippen molar-refractivity contribution >= 4 is 41.1 Å². The SMILES string of the molecule is CN1CCc2ccc(C(=O)N3C[C@H](NC(=O)C4CC=C(Cl)S4)C[C@H]3C(=O)N(C)C)cc2CC1. The summed E-state index contributed by atoms with van der Waals surface area (Å²) in [7, 11) is 5.50. The molecule has 0 aliphatic carbocycles. The smallest absolute Gasteiger partial charge is 0.254 e. The van der Waals surface area contributed by atoms with Crippen molar-refractivity contribution in [2.45, 2.75) is 43.0 Å². The van der Waals surface area contributed by atoms with Crippen LogP contribution < -0.4 is 5.32 Å². The average molecular weight is 491 g/mol.